The van der Waals surface area contributed by atoms with Crippen molar-refractivity contribution < 1.29 is 14.6 Å². The van der Waals surface area contributed by atoms with Crippen LogP contribution in [0.5, 0.6) is 0 Å². The lowest BCUT2D eigenvalue weighted by Gasteiger charge is -2.32. The third kappa shape index (κ3) is 5.24. The van der Waals surface area contributed by atoms with E-state index in [4.69, 9.17) is 15.6 Å². The third-order valence-corrected chi connectivity index (χ3v) is 7.91. The van der Waals surface area contributed by atoms with Crippen molar-refractivity contribution in [1.29, 1.82) is 0 Å². The second-order valence-electron chi connectivity index (χ2n) is 8.74. The van der Waals surface area contributed by atoms with Crippen LogP contribution in [0.25, 0.3) is 20.7 Å². The van der Waals surface area contributed by atoms with Crippen LogP contribution in [0.1, 0.15) is 34.2 Å². The molecule has 0 bridgehead atoms. The molecule has 0 atom stereocenters. The smallest absolute Gasteiger partial charge is 0.287 e. The molecular formula is C26H27N5O4S2. The number of rotatable bonds is 8. The zero-order chi connectivity index (χ0) is 25.9. The van der Waals surface area contributed by atoms with Crippen LogP contribution >= 0.6 is 22.7 Å². The molecule has 3 aromatic heterocycles. The number of H-pyrrole nitrogens is 1. The Kier molecular flexibility index (Phi) is 7.26. The fraction of sp³-hybridized carbons (Fsp3) is 0.269. The van der Waals surface area contributed by atoms with Gasteiger partial charge < -0.3 is 30.8 Å². The number of amides is 1. The SMILES string of the molecule is C/C(N)=C(\OCCO)N1CCc2ccc(CNC(=O)c3nc4scc(-c5cccs5)c4c(=O)[nH]3)cc2C1. The first kappa shape index (κ1) is 25.0. The Labute approximate surface area is 221 Å². The number of allylic oxidation sites excluding steroid dienone is 1. The van der Waals surface area contributed by atoms with Crippen molar-refractivity contribution in [3.63, 3.8) is 0 Å². The Morgan fingerprint density at radius 1 is 1.30 bits per heavy atom. The van der Waals surface area contributed by atoms with Gasteiger partial charge in [-0.3, -0.25) is 9.59 Å². The van der Waals surface area contributed by atoms with Crippen LogP contribution in [0.3, 0.4) is 0 Å². The summed E-state index contributed by atoms with van der Waals surface area (Å²) in [4.78, 5) is 36.3. The molecule has 5 rings (SSSR count). The summed E-state index contributed by atoms with van der Waals surface area (Å²) < 4.78 is 5.67. The first-order valence-electron chi connectivity index (χ1n) is 11.8. The molecule has 0 saturated carbocycles. The van der Waals surface area contributed by atoms with E-state index in [1.54, 1.807) is 18.3 Å². The van der Waals surface area contributed by atoms with E-state index in [9.17, 15) is 9.59 Å². The van der Waals surface area contributed by atoms with E-state index >= 15 is 0 Å². The molecule has 4 heterocycles. The summed E-state index contributed by atoms with van der Waals surface area (Å²) in [6, 6.07) is 10.0. The van der Waals surface area contributed by atoms with Gasteiger partial charge in [-0.15, -0.1) is 22.7 Å². The van der Waals surface area contributed by atoms with Crippen molar-refractivity contribution in [3.05, 3.63) is 85.5 Å². The van der Waals surface area contributed by atoms with Gasteiger partial charge in [0.1, 0.15) is 11.4 Å². The van der Waals surface area contributed by atoms with E-state index in [-0.39, 0.29) is 24.6 Å². The highest BCUT2D eigenvalue weighted by Crippen LogP contribution is 2.33. The Bertz CT molecular complexity index is 1520. The average molecular weight is 538 g/mol. The van der Waals surface area contributed by atoms with Crippen molar-refractivity contribution >= 4 is 38.8 Å². The number of nitrogens with zero attached hydrogens (tertiary/aromatic N) is 2. The van der Waals surface area contributed by atoms with Gasteiger partial charge in [0.05, 0.1) is 17.7 Å². The second-order valence-corrected chi connectivity index (χ2v) is 10.5. The Morgan fingerprint density at radius 2 is 2.16 bits per heavy atom. The number of nitrogens with two attached hydrogens (primary N) is 1. The average Bonchev–Trinajstić information content (AvgIpc) is 3.57. The van der Waals surface area contributed by atoms with Gasteiger partial charge in [0.25, 0.3) is 11.5 Å². The highest BCUT2D eigenvalue weighted by Gasteiger charge is 2.21. The number of hydrogen-bond donors (Lipinski definition) is 4. The maximum atomic E-state index is 12.9. The van der Waals surface area contributed by atoms with Crippen molar-refractivity contribution in [3.8, 4) is 10.4 Å². The predicted octanol–water partition coefficient (Wildman–Crippen LogP) is 3.16. The monoisotopic (exact) mass is 537 g/mol. The zero-order valence-corrected chi connectivity index (χ0v) is 21.9. The number of aliphatic hydroxyl groups excluding tert-OH is 1. The van der Waals surface area contributed by atoms with E-state index in [2.05, 4.69) is 32.3 Å². The number of thiophene rings is 2. The second kappa shape index (κ2) is 10.8. The van der Waals surface area contributed by atoms with Crippen LogP contribution in [0.4, 0.5) is 0 Å². The number of carbonyl (C=O) groups excluding carboxylic acids is 1. The number of aromatic amines is 1. The van der Waals surface area contributed by atoms with Crippen LogP contribution in [0.2, 0.25) is 0 Å². The Balaban J connectivity index is 1.29. The number of benzene rings is 1. The number of carbonyl (C=O) groups is 1. The Morgan fingerprint density at radius 3 is 2.92 bits per heavy atom. The molecule has 1 aromatic carbocycles. The standard InChI is InChI=1S/C26H27N5O4S2/c1-15(27)26(35-9-8-32)31-7-6-17-5-4-16(11-18(17)13-31)12-28-24(34)22-29-23(33)21-19(14-37-25(21)30-22)20-3-2-10-36-20/h2-5,10-11,14,32H,6-9,12-13,27H2,1H3,(H,28,34)(H,29,30,33)/b26-15+. The van der Waals surface area contributed by atoms with Crippen LogP contribution in [0, 0.1) is 0 Å². The molecule has 192 valence electrons. The maximum absolute atomic E-state index is 12.9. The zero-order valence-electron chi connectivity index (χ0n) is 20.2. The maximum Gasteiger partial charge on any atom is 0.287 e. The van der Waals surface area contributed by atoms with Gasteiger partial charge in [-0.2, -0.15) is 0 Å². The van der Waals surface area contributed by atoms with Crippen molar-refractivity contribution in [2.45, 2.75) is 26.4 Å². The molecule has 0 aliphatic carbocycles. The van der Waals surface area contributed by atoms with Crippen molar-refractivity contribution in [2.75, 3.05) is 19.8 Å². The lowest BCUT2D eigenvalue weighted by molar-refractivity contribution is 0.0736. The summed E-state index contributed by atoms with van der Waals surface area (Å²) in [5, 5.41) is 16.4. The van der Waals surface area contributed by atoms with Gasteiger partial charge in [0, 0.05) is 35.5 Å². The van der Waals surface area contributed by atoms with E-state index in [0.717, 1.165) is 34.5 Å². The minimum Gasteiger partial charge on any atom is -0.475 e. The molecule has 4 aromatic rings. The summed E-state index contributed by atoms with van der Waals surface area (Å²) in [6.07, 6.45) is 0.834. The third-order valence-electron chi connectivity index (χ3n) is 6.14. The van der Waals surface area contributed by atoms with Gasteiger partial charge in [-0.25, -0.2) is 4.98 Å². The minimum absolute atomic E-state index is 0.00422. The first-order chi connectivity index (χ1) is 17.9. The molecule has 37 heavy (non-hydrogen) atoms. The molecule has 0 radical (unpaired) electrons. The number of hydrogen-bond acceptors (Lipinski definition) is 9. The summed E-state index contributed by atoms with van der Waals surface area (Å²) in [5.41, 5.74) is 10.4. The van der Waals surface area contributed by atoms with Gasteiger partial charge in [0.15, 0.2) is 0 Å². The minimum atomic E-state index is -0.439. The summed E-state index contributed by atoms with van der Waals surface area (Å²) >= 11 is 2.91. The van der Waals surface area contributed by atoms with Gasteiger partial charge in [0.2, 0.25) is 11.7 Å². The summed E-state index contributed by atoms with van der Waals surface area (Å²) in [7, 11) is 0. The van der Waals surface area contributed by atoms with Crippen LogP contribution < -0.4 is 16.6 Å². The molecule has 1 amide bonds. The number of fused-ring (bicyclic) bond motifs is 2. The lowest BCUT2D eigenvalue weighted by atomic mass is 9.97. The number of aliphatic hydroxyl groups is 1. The van der Waals surface area contributed by atoms with Crippen LogP contribution in [-0.4, -0.2) is 45.6 Å². The molecule has 5 N–H and O–H groups in total. The molecule has 0 unspecified atom stereocenters. The molecule has 1 aliphatic heterocycles. The number of nitrogens with one attached hydrogen (secondary N) is 2. The lowest BCUT2D eigenvalue weighted by Crippen LogP contribution is -2.33. The normalized spacial score (nSPS) is 13.8. The molecule has 1 aliphatic rings. The van der Waals surface area contributed by atoms with Crippen molar-refractivity contribution in [1.82, 2.24) is 20.2 Å². The molecule has 11 heteroatoms. The van der Waals surface area contributed by atoms with Gasteiger partial charge >= 0.3 is 0 Å². The largest absolute Gasteiger partial charge is 0.475 e. The molecule has 9 nitrogen and oxygen atoms in total. The molecular weight excluding hydrogens is 510 g/mol. The quantitative estimate of drug-likeness (QED) is 0.254. The molecule has 0 fully saturated rings. The topological polar surface area (TPSA) is 134 Å². The number of ether oxygens (including phenoxy) is 1. The fourth-order valence-corrected chi connectivity index (χ4v) is 6.19. The van der Waals surface area contributed by atoms with E-state index in [1.807, 2.05) is 29.0 Å². The van der Waals surface area contributed by atoms with Gasteiger partial charge in [-0.05, 0) is 41.5 Å². The van der Waals surface area contributed by atoms with E-state index in [0.29, 0.717) is 34.9 Å². The molecule has 0 saturated heterocycles. The highest BCUT2D eigenvalue weighted by molar-refractivity contribution is 7.18. The summed E-state index contributed by atoms with van der Waals surface area (Å²) in [6.45, 7) is 3.55. The molecule has 0 spiro atoms. The van der Waals surface area contributed by atoms with Crippen LogP contribution in [-0.2, 0) is 24.2 Å². The van der Waals surface area contributed by atoms with E-state index < -0.39 is 5.91 Å². The Hall–Kier alpha value is -3.67. The van der Waals surface area contributed by atoms with Crippen LogP contribution in [0.15, 0.2) is 57.5 Å². The van der Waals surface area contributed by atoms with Gasteiger partial charge in [-0.1, -0.05) is 24.3 Å². The first-order valence-corrected chi connectivity index (χ1v) is 13.6. The summed E-state index contributed by atoms with van der Waals surface area (Å²) in [5.74, 6) is 0.140. The fourth-order valence-electron chi connectivity index (χ4n) is 4.43. The van der Waals surface area contributed by atoms with Crippen molar-refractivity contribution in [2.24, 2.45) is 5.73 Å². The highest BCUT2D eigenvalue weighted by atomic mass is 32.1. The van der Waals surface area contributed by atoms with E-state index in [1.165, 1.54) is 16.9 Å². The number of aromatic nitrogens is 2. The predicted molar refractivity (Wildman–Crippen MR) is 145 cm³/mol.